The van der Waals surface area contributed by atoms with Crippen LogP contribution in [0.15, 0.2) is 59.5 Å². The van der Waals surface area contributed by atoms with Crippen molar-refractivity contribution in [3.8, 4) is 6.07 Å². The molecule has 0 atom stereocenters. The number of nitrogens with one attached hydrogen (secondary N) is 1. The Morgan fingerprint density at radius 2 is 1.75 bits per heavy atom. The summed E-state index contributed by atoms with van der Waals surface area (Å²) in [5.41, 5.74) is 4.69. The first-order chi connectivity index (χ1) is 13.5. The van der Waals surface area contributed by atoms with Crippen LogP contribution in [0.2, 0.25) is 0 Å². The number of hydrogen-bond acceptors (Lipinski definition) is 3. The summed E-state index contributed by atoms with van der Waals surface area (Å²) in [5.74, 6) is 0.762. The quantitative estimate of drug-likeness (QED) is 0.599. The third-order valence-electron chi connectivity index (χ3n) is 4.83. The lowest BCUT2D eigenvalue weighted by Gasteiger charge is -2.13. The van der Waals surface area contributed by atoms with Crippen LogP contribution < -0.4 is 5.32 Å². The Morgan fingerprint density at radius 1 is 1.07 bits per heavy atom. The maximum atomic E-state index is 12.6. The second-order valence-corrected chi connectivity index (χ2v) is 7.74. The summed E-state index contributed by atoms with van der Waals surface area (Å²) in [6, 6.07) is 20.3. The molecule has 28 heavy (non-hydrogen) atoms. The van der Waals surface area contributed by atoms with E-state index in [4.69, 9.17) is 0 Å². The van der Waals surface area contributed by atoms with Gasteiger partial charge in [-0.3, -0.25) is 4.79 Å². The van der Waals surface area contributed by atoms with E-state index in [1.165, 1.54) is 11.8 Å². The van der Waals surface area contributed by atoms with Crippen molar-refractivity contribution in [2.24, 2.45) is 0 Å². The lowest BCUT2D eigenvalue weighted by molar-refractivity contribution is -0.113. The van der Waals surface area contributed by atoms with Gasteiger partial charge >= 0.3 is 0 Å². The van der Waals surface area contributed by atoms with Crippen LogP contribution in [-0.4, -0.2) is 16.2 Å². The SMILES string of the molecule is Cc1ccccc1SCC(=O)Nc1c(C#N)c(C)c(C)n1Cc1ccccc1. The fraction of sp³-hybridized carbons (Fsp3) is 0.217. The summed E-state index contributed by atoms with van der Waals surface area (Å²) < 4.78 is 2.01. The van der Waals surface area contributed by atoms with Gasteiger partial charge in [0.2, 0.25) is 5.91 Å². The van der Waals surface area contributed by atoms with Crippen LogP contribution >= 0.6 is 11.8 Å². The van der Waals surface area contributed by atoms with Gasteiger partial charge in [0.15, 0.2) is 0 Å². The van der Waals surface area contributed by atoms with Crippen molar-refractivity contribution >= 4 is 23.5 Å². The number of nitriles is 1. The molecule has 0 saturated carbocycles. The molecule has 0 aliphatic carbocycles. The van der Waals surface area contributed by atoms with E-state index in [2.05, 4.69) is 11.4 Å². The van der Waals surface area contributed by atoms with Crippen molar-refractivity contribution in [1.29, 1.82) is 5.26 Å². The number of carbonyl (C=O) groups is 1. The Hall–Kier alpha value is -2.97. The van der Waals surface area contributed by atoms with Crippen molar-refractivity contribution in [3.63, 3.8) is 0 Å². The molecule has 5 heteroatoms. The molecular weight excluding hydrogens is 366 g/mol. The molecule has 0 spiro atoms. The number of aromatic nitrogens is 1. The summed E-state index contributed by atoms with van der Waals surface area (Å²) >= 11 is 1.50. The van der Waals surface area contributed by atoms with Crippen molar-refractivity contribution in [2.45, 2.75) is 32.2 Å². The van der Waals surface area contributed by atoms with Crippen molar-refractivity contribution in [2.75, 3.05) is 11.1 Å². The smallest absolute Gasteiger partial charge is 0.235 e. The third-order valence-corrected chi connectivity index (χ3v) is 6.01. The standard InChI is InChI=1S/C23H23N3OS/c1-16-9-7-8-12-21(16)28-15-22(27)25-23-20(13-24)17(2)18(3)26(23)14-19-10-5-4-6-11-19/h4-12H,14-15H2,1-3H3,(H,25,27). The van der Waals surface area contributed by atoms with Gasteiger partial charge in [-0.15, -0.1) is 11.8 Å². The first-order valence-corrected chi connectivity index (χ1v) is 10.1. The minimum atomic E-state index is -0.114. The molecule has 0 bridgehead atoms. The van der Waals surface area contributed by atoms with Crippen LogP contribution in [0.25, 0.3) is 0 Å². The molecule has 0 aliphatic heterocycles. The minimum Gasteiger partial charge on any atom is -0.326 e. The van der Waals surface area contributed by atoms with E-state index in [0.29, 0.717) is 23.7 Å². The maximum absolute atomic E-state index is 12.6. The molecule has 2 aromatic carbocycles. The molecule has 3 rings (SSSR count). The Balaban J connectivity index is 1.82. The molecule has 1 aromatic heterocycles. The molecule has 0 unspecified atom stereocenters. The summed E-state index contributed by atoms with van der Waals surface area (Å²) in [5, 5.41) is 12.6. The molecule has 0 saturated heterocycles. The van der Waals surface area contributed by atoms with Crippen molar-refractivity contribution < 1.29 is 4.79 Å². The van der Waals surface area contributed by atoms with Crippen LogP contribution in [0.3, 0.4) is 0 Å². The van der Waals surface area contributed by atoms with Crippen molar-refractivity contribution in [1.82, 2.24) is 4.57 Å². The van der Waals surface area contributed by atoms with Gasteiger partial charge in [0.1, 0.15) is 11.9 Å². The van der Waals surface area contributed by atoms with Gasteiger partial charge < -0.3 is 9.88 Å². The number of anilines is 1. The van der Waals surface area contributed by atoms with Gasteiger partial charge in [-0.2, -0.15) is 5.26 Å². The molecule has 142 valence electrons. The van der Waals surface area contributed by atoms with Gasteiger partial charge in [0.05, 0.1) is 11.3 Å². The van der Waals surface area contributed by atoms with Gasteiger partial charge in [-0.05, 0) is 43.5 Å². The zero-order valence-electron chi connectivity index (χ0n) is 16.3. The highest BCUT2D eigenvalue weighted by Crippen LogP contribution is 2.28. The molecule has 4 nitrogen and oxygen atoms in total. The molecular formula is C23H23N3OS. The average molecular weight is 390 g/mol. The van der Waals surface area contributed by atoms with E-state index in [9.17, 15) is 10.1 Å². The van der Waals surface area contributed by atoms with Crippen LogP contribution in [0.4, 0.5) is 5.82 Å². The van der Waals surface area contributed by atoms with Gasteiger partial charge in [-0.1, -0.05) is 48.5 Å². The Morgan fingerprint density at radius 3 is 2.43 bits per heavy atom. The Bertz CT molecular complexity index is 1030. The zero-order chi connectivity index (χ0) is 20.1. The van der Waals surface area contributed by atoms with E-state index in [-0.39, 0.29) is 5.91 Å². The number of thioether (sulfide) groups is 1. The number of aryl methyl sites for hydroxylation is 1. The highest BCUT2D eigenvalue weighted by atomic mass is 32.2. The number of amides is 1. The van der Waals surface area contributed by atoms with Crippen LogP contribution in [0, 0.1) is 32.1 Å². The number of benzene rings is 2. The number of carbonyl (C=O) groups excluding carboxylic acids is 1. The van der Waals surface area contributed by atoms with E-state index in [1.807, 2.05) is 79.9 Å². The predicted octanol–water partition coefficient (Wildman–Crippen LogP) is 5.06. The largest absolute Gasteiger partial charge is 0.326 e. The van der Waals surface area contributed by atoms with Crippen LogP contribution in [0.1, 0.15) is 27.9 Å². The summed E-state index contributed by atoms with van der Waals surface area (Å²) in [7, 11) is 0. The number of rotatable bonds is 6. The first-order valence-electron chi connectivity index (χ1n) is 9.13. The number of nitrogens with zero attached hydrogens (tertiary/aromatic N) is 2. The van der Waals surface area contributed by atoms with E-state index in [0.717, 1.165) is 27.3 Å². The second-order valence-electron chi connectivity index (χ2n) is 6.72. The highest BCUT2D eigenvalue weighted by molar-refractivity contribution is 8.00. The lowest BCUT2D eigenvalue weighted by Crippen LogP contribution is -2.18. The summed E-state index contributed by atoms with van der Waals surface area (Å²) in [6.45, 7) is 6.55. The fourth-order valence-corrected chi connectivity index (χ4v) is 3.95. The van der Waals surface area contributed by atoms with Gasteiger partial charge in [0.25, 0.3) is 0 Å². The Labute approximate surface area is 170 Å². The summed E-state index contributed by atoms with van der Waals surface area (Å²) in [4.78, 5) is 13.7. The molecule has 0 aliphatic rings. The first kappa shape index (κ1) is 19.8. The Kier molecular flexibility index (Phi) is 6.23. The zero-order valence-corrected chi connectivity index (χ0v) is 17.1. The maximum Gasteiger partial charge on any atom is 0.235 e. The van der Waals surface area contributed by atoms with Gasteiger partial charge in [-0.25, -0.2) is 0 Å². The summed E-state index contributed by atoms with van der Waals surface area (Å²) in [6.07, 6.45) is 0. The normalized spacial score (nSPS) is 10.5. The topological polar surface area (TPSA) is 57.8 Å². The van der Waals surface area contributed by atoms with E-state index in [1.54, 1.807) is 0 Å². The van der Waals surface area contributed by atoms with E-state index >= 15 is 0 Å². The van der Waals surface area contributed by atoms with Crippen LogP contribution in [0.5, 0.6) is 0 Å². The molecule has 0 radical (unpaired) electrons. The van der Waals surface area contributed by atoms with E-state index < -0.39 is 0 Å². The second kappa shape index (κ2) is 8.81. The lowest BCUT2D eigenvalue weighted by atomic mass is 10.2. The number of hydrogen-bond donors (Lipinski definition) is 1. The monoisotopic (exact) mass is 389 g/mol. The average Bonchev–Trinajstić information content (AvgIpc) is 2.92. The fourth-order valence-electron chi connectivity index (χ4n) is 3.12. The molecule has 1 amide bonds. The molecule has 0 fully saturated rings. The highest BCUT2D eigenvalue weighted by Gasteiger charge is 2.20. The third kappa shape index (κ3) is 4.29. The van der Waals surface area contributed by atoms with Gasteiger partial charge in [0, 0.05) is 17.1 Å². The predicted molar refractivity (Wildman–Crippen MR) is 115 cm³/mol. The minimum absolute atomic E-state index is 0.114. The van der Waals surface area contributed by atoms with Crippen molar-refractivity contribution in [3.05, 3.63) is 82.5 Å². The van der Waals surface area contributed by atoms with Crippen LogP contribution in [-0.2, 0) is 11.3 Å². The molecule has 1 heterocycles. The molecule has 1 N–H and O–H groups in total. The molecule has 3 aromatic rings.